The van der Waals surface area contributed by atoms with Crippen molar-refractivity contribution in [3.05, 3.63) is 139 Å². The van der Waals surface area contributed by atoms with Crippen LogP contribution in [0.1, 0.15) is 11.4 Å². The second-order valence-corrected chi connectivity index (χ2v) is 10.1. The summed E-state index contributed by atoms with van der Waals surface area (Å²) < 4.78 is 0. The van der Waals surface area contributed by atoms with Gasteiger partial charge in [0, 0.05) is 17.1 Å². The number of benzene rings is 3. The van der Waals surface area contributed by atoms with Gasteiger partial charge in [0.25, 0.3) is 0 Å². The fourth-order valence-electron chi connectivity index (χ4n) is 5.66. The molecule has 205 valence electrons. The Labute approximate surface area is 253 Å². The predicted octanol–water partition coefficient (Wildman–Crippen LogP) is 8.58. The van der Waals surface area contributed by atoms with E-state index in [1.165, 1.54) is 0 Å². The summed E-state index contributed by atoms with van der Waals surface area (Å²) in [4.78, 5) is 20.6. The number of nitrogens with zero attached hydrogens (tertiary/aromatic N) is 4. The molecular weight excluding hydrogens is 564 g/mol. The van der Waals surface area contributed by atoms with Gasteiger partial charge in [-0.05, 0) is 45.5 Å². The Bertz CT molecular complexity index is 2190. The van der Waals surface area contributed by atoms with Crippen molar-refractivity contribution >= 4 is 45.3 Å². The molecular formula is C37H23CuN4-3. The average molecular weight is 587 g/mol. The Hall–Kier alpha value is -5.09. The summed E-state index contributed by atoms with van der Waals surface area (Å²) in [6.45, 7) is 0. The van der Waals surface area contributed by atoms with Gasteiger partial charge in [0.15, 0.2) is 0 Å². The van der Waals surface area contributed by atoms with E-state index in [1.54, 1.807) is 0 Å². The molecule has 0 fully saturated rings. The molecule has 0 atom stereocenters. The first kappa shape index (κ1) is 25.8. The minimum absolute atomic E-state index is 0. The van der Waals surface area contributed by atoms with Crippen molar-refractivity contribution in [2.75, 3.05) is 0 Å². The molecule has 5 heterocycles. The SMILES string of the molecule is C1=Cc2nc1c(-c1ccccc1)c1ccc([n-]1)c(-c1ccccc1)c1ccc([n-]1)c1ccc([n-]1)c2-c1ccccc1.[Cu]. The maximum absolute atomic E-state index is 5.22. The molecule has 0 saturated carbocycles. The first-order valence-corrected chi connectivity index (χ1v) is 13.7. The summed E-state index contributed by atoms with van der Waals surface area (Å²) in [5, 5.41) is 0. The Morgan fingerprint density at radius 2 is 0.643 bits per heavy atom. The van der Waals surface area contributed by atoms with E-state index in [2.05, 4.69) is 109 Å². The second-order valence-electron chi connectivity index (χ2n) is 10.1. The first-order chi connectivity index (χ1) is 20.3. The number of aromatic nitrogens is 4. The van der Waals surface area contributed by atoms with Crippen molar-refractivity contribution in [2.45, 2.75) is 0 Å². The van der Waals surface area contributed by atoms with Crippen LogP contribution in [0.3, 0.4) is 0 Å². The van der Waals surface area contributed by atoms with Crippen LogP contribution in [-0.2, 0) is 17.1 Å². The molecule has 3 aromatic carbocycles. The van der Waals surface area contributed by atoms with E-state index in [0.29, 0.717) is 0 Å². The van der Waals surface area contributed by atoms with Crippen molar-refractivity contribution in [3.8, 4) is 33.4 Å². The molecule has 5 heteroatoms. The van der Waals surface area contributed by atoms with Crippen LogP contribution in [0, 0.1) is 0 Å². The summed E-state index contributed by atoms with van der Waals surface area (Å²) in [6, 6.07) is 43.5. The fraction of sp³-hybridized carbons (Fsp3) is 0. The van der Waals surface area contributed by atoms with Crippen LogP contribution < -0.4 is 15.0 Å². The maximum Gasteiger partial charge on any atom is 0.0704 e. The topological polar surface area (TPSA) is 55.2 Å². The monoisotopic (exact) mass is 586 g/mol. The van der Waals surface area contributed by atoms with Gasteiger partial charge in [0.2, 0.25) is 0 Å². The summed E-state index contributed by atoms with van der Waals surface area (Å²) in [6.07, 6.45) is 4.18. The molecule has 4 nitrogen and oxygen atoms in total. The van der Waals surface area contributed by atoms with Gasteiger partial charge in [-0.1, -0.05) is 127 Å². The largest absolute Gasteiger partial charge is 0.658 e. The van der Waals surface area contributed by atoms with Crippen molar-refractivity contribution in [2.24, 2.45) is 0 Å². The molecule has 1 aliphatic rings. The van der Waals surface area contributed by atoms with Crippen molar-refractivity contribution in [1.82, 2.24) is 19.9 Å². The fourth-order valence-corrected chi connectivity index (χ4v) is 5.66. The quantitative estimate of drug-likeness (QED) is 0.195. The van der Waals surface area contributed by atoms with Crippen LogP contribution in [0.25, 0.3) is 78.6 Å². The zero-order valence-electron chi connectivity index (χ0n) is 22.4. The van der Waals surface area contributed by atoms with E-state index in [1.807, 2.05) is 30.3 Å². The van der Waals surface area contributed by atoms with Crippen LogP contribution in [0.4, 0.5) is 0 Å². The zero-order valence-corrected chi connectivity index (χ0v) is 23.3. The zero-order chi connectivity index (χ0) is 27.2. The predicted molar refractivity (Wildman–Crippen MR) is 168 cm³/mol. The number of hydrogen-bond donors (Lipinski definition) is 0. The third-order valence-corrected chi connectivity index (χ3v) is 7.55. The molecule has 7 aromatic rings. The molecule has 4 aromatic heterocycles. The maximum atomic E-state index is 5.22. The van der Waals surface area contributed by atoms with E-state index >= 15 is 0 Å². The molecule has 0 N–H and O–H groups in total. The average Bonchev–Trinajstić information content (AvgIpc) is 3.84. The molecule has 8 bridgehead atoms. The van der Waals surface area contributed by atoms with Gasteiger partial charge in [-0.15, -0.1) is 22.1 Å². The summed E-state index contributed by atoms with van der Waals surface area (Å²) >= 11 is 0. The second kappa shape index (κ2) is 10.7. The first-order valence-electron chi connectivity index (χ1n) is 13.7. The third kappa shape index (κ3) is 4.46. The summed E-state index contributed by atoms with van der Waals surface area (Å²) in [7, 11) is 0. The van der Waals surface area contributed by atoms with Gasteiger partial charge in [0.05, 0.1) is 11.4 Å². The van der Waals surface area contributed by atoms with E-state index in [9.17, 15) is 0 Å². The summed E-state index contributed by atoms with van der Waals surface area (Å²) in [5.41, 5.74) is 13.1. The third-order valence-electron chi connectivity index (χ3n) is 7.55. The molecule has 1 aliphatic heterocycles. The van der Waals surface area contributed by atoms with Crippen LogP contribution >= 0.6 is 0 Å². The van der Waals surface area contributed by atoms with Gasteiger partial charge < -0.3 is 15.0 Å². The van der Waals surface area contributed by atoms with Crippen LogP contribution in [-0.4, -0.2) is 4.98 Å². The van der Waals surface area contributed by atoms with Gasteiger partial charge in [-0.25, -0.2) is 4.98 Å². The molecule has 0 aliphatic carbocycles. The molecule has 1 radical (unpaired) electrons. The van der Waals surface area contributed by atoms with Gasteiger partial charge in [-0.3, -0.25) is 0 Å². The Morgan fingerprint density at radius 1 is 0.333 bits per heavy atom. The van der Waals surface area contributed by atoms with Crippen molar-refractivity contribution in [3.63, 3.8) is 0 Å². The summed E-state index contributed by atoms with van der Waals surface area (Å²) in [5.74, 6) is 0. The minimum atomic E-state index is 0. The molecule has 8 rings (SSSR count). The Morgan fingerprint density at radius 3 is 1.05 bits per heavy atom. The van der Waals surface area contributed by atoms with Crippen LogP contribution in [0.2, 0.25) is 0 Å². The van der Waals surface area contributed by atoms with Gasteiger partial charge in [-0.2, -0.15) is 11.0 Å². The van der Waals surface area contributed by atoms with Crippen LogP contribution in [0.15, 0.2) is 127 Å². The molecule has 0 saturated heterocycles. The van der Waals surface area contributed by atoms with Gasteiger partial charge in [0.1, 0.15) is 0 Å². The van der Waals surface area contributed by atoms with Crippen molar-refractivity contribution in [1.29, 1.82) is 0 Å². The van der Waals surface area contributed by atoms with Gasteiger partial charge >= 0.3 is 0 Å². The molecule has 0 amide bonds. The number of rotatable bonds is 3. The van der Waals surface area contributed by atoms with Crippen LogP contribution in [0.5, 0.6) is 0 Å². The molecule has 0 spiro atoms. The van der Waals surface area contributed by atoms with E-state index in [4.69, 9.17) is 19.9 Å². The van der Waals surface area contributed by atoms with Crippen molar-refractivity contribution < 1.29 is 17.1 Å². The Kier molecular flexibility index (Phi) is 6.59. The van der Waals surface area contributed by atoms with E-state index < -0.39 is 0 Å². The van der Waals surface area contributed by atoms with E-state index in [-0.39, 0.29) is 17.1 Å². The Balaban J connectivity index is 0.00000288. The smallest absolute Gasteiger partial charge is 0.0704 e. The molecule has 42 heavy (non-hydrogen) atoms. The normalized spacial score (nSPS) is 11.5. The number of fused-ring (bicyclic) bond motifs is 9. The standard InChI is InChI=1S/C37H23N4.Cu/c1-4-10-24(11-5-1)35-29-18-16-27(38-29)28-17-19-30(39-28)36(25-12-6-2-7-13-25)32-21-23-34(41-32)37(26-14-8-3-9-15-26)33-22-20-31(35)40-33;/h1-23H;/q-3;. The minimum Gasteiger partial charge on any atom is -0.658 e. The number of hydrogen-bond acceptors (Lipinski definition) is 1. The van der Waals surface area contributed by atoms with E-state index in [0.717, 1.165) is 77.9 Å². The molecule has 0 unspecified atom stereocenters.